The molecule has 0 aliphatic rings. The van der Waals surface area contributed by atoms with E-state index < -0.39 is 0 Å². The lowest BCUT2D eigenvalue weighted by Crippen LogP contribution is -1.95. The minimum atomic E-state index is 0.242. The van der Waals surface area contributed by atoms with E-state index in [0.29, 0.717) is 11.6 Å². The van der Waals surface area contributed by atoms with Gasteiger partial charge in [-0.25, -0.2) is 49.8 Å². The van der Waals surface area contributed by atoms with Gasteiger partial charge in [0.1, 0.15) is 0 Å². The molecule has 0 atom stereocenters. The van der Waals surface area contributed by atoms with Crippen LogP contribution in [0.2, 0.25) is 15.9 Å². The topological polar surface area (TPSA) is 168 Å². The van der Waals surface area contributed by atoms with Gasteiger partial charge >= 0.3 is 0 Å². The molecule has 12 aromatic carbocycles. The molecule has 0 unspecified atom stereocenters. The van der Waals surface area contributed by atoms with Gasteiger partial charge in [0.05, 0.1) is 70.2 Å². The zero-order chi connectivity index (χ0) is 78.7. The summed E-state index contributed by atoms with van der Waals surface area (Å²) < 4.78 is 6.58. The molecular weight excluding hydrogens is 1570 g/mol. The van der Waals surface area contributed by atoms with Crippen molar-refractivity contribution in [1.82, 2.24) is 64.8 Å². The van der Waals surface area contributed by atoms with Gasteiger partial charge in [-0.2, -0.15) is 0 Å². The molecule has 0 aliphatic heterocycles. The summed E-state index contributed by atoms with van der Waals surface area (Å²) in [5.74, 6) is 1.33. The van der Waals surface area contributed by atoms with Gasteiger partial charge in [-0.3, -0.25) is 15.0 Å². The number of hydrogen-bond donors (Lipinski definition) is 0. The van der Waals surface area contributed by atoms with Gasteiger partial charge in [-0.15, -0.1) is 34.0 Å². The highest BCUT2D eigenvalue weighted by Gasteiger charge is 2.23. The van der Waals surface area contributed by atoms with Gasteiger partial charge in [-0.1, -0.05) is 224 Å². The van der Waals surface area contributed by atoms with E-state index in [0.717, 1.165) is 173 Å². The molecule has 0 saturated heterocycles. The fraction of sp³-hybridized carbons (Fsp3) is 0. The predicted octanol–water partition coefficient (Wildman–Crippen LogP) is 27.5. The average Bonchev–Trinajstić information content (AvgIpc) is 1.19. The van der Waals surface area contributed by atoms with Crippen molar-refractivity contribution < 1.29 is 0 Å². The number of hydrogen-bond acceptors (Lipinski definition) is 16. The molecule has 0 bridgehead atoms. The molecule has 0 fully saturated rings. The van der Waals surface area contributed by atoms with Gasteiger partial charge in [0.15, 0.2) is 11.6 Å². The van der Waals surface area contributed by atoms with Crippen LogP contribution in [0.4, 0.5) is 0 Å². The number of thiophene rings is 3. The van der Waals surface area contributed by atoms with Crippen LogP contribution in [0.1, 0.15) is 0 Å². The third kappa shape index (κ3) is 13.6. The molecule has 0 spiro atoms. The highest BCUT2D eigenvalue weighted by atomic mass is 35.5. The maximum absolute atomic E-state index is 6.56. The first kappa shape index (κ1) is 71.8. The summed E-state index contributed by atoms with van der Waals surface area (Å²) in [4.78, 5) is 60.3. The number of rotatable bonds is 10. The second-order valence-electron chi connectivity index (χ2n) is 28.1. The molecule has 0 N–H and O–H groups in total. The van der Waals surface area contributed by atoms with Crippen molar-refractivity contribution in [2.45, 2.75) is 0 Å². The fourth-order valence-corrected chi connectivity index (χ4v) is 19.4. The smallest absolute Gasteiger partial charge is 0.223 e. The molecule has 11 heterocycles. The molecule has 0 amide bonds. The molecule has 23 aromatic rings. The Hall–Kier alpha value is -13.9. The van der Waals surface area contributed by atoms with Crippen LogP contribution in [-0.2, 0) is 0 Å². The largest absolute Gasteiger partial charge is 0.264 e. The monoisotopic (exact) mass is 1630 g/mol. The lowest BCUT2D eigenvalue weighted by molar-refractivity contribution is 1.21. The summed E-state index contributed by atoms with van der Waals surface area (Å²) >= 11 is 24.4. The average molecular weight is 1630 g/mol. The van der Waals surface area contributed by atoms with Crippen molar-refractivity contribution in [2.75, 3.05) is 0 Å². The summed E-state index contributed by atoms with van der Waals surface area (Å²) in [6, 6.07) is 104. The van der Waals surface area contributed by atoms with Crippen molar-refractivity contribution in [3.05, 3.63) is 356 Å². The van der Waals surface area contributed by atoms with Gasteiger partial charge < -0.3 is 0 Å². The van der Waals surface area contributed by atoms with Crippen LogP contribution in [0.25, 0.3) is 217 Å². The standard InChI is InChI=1S/C35H20ClN5S.C35H20ClN3S.C29H16ClN5S/c36-35-40-31(33-32(41-35)27-8-2-4-10-29(27)42-33)23-15-13-22(14-16-23)30-26-7-1-3-9-28(26)38-34(39-30)24-17-11-21(12-18-24)25-6-5-19-37-20-25;36-35-38-32(34-33(39-35)29-13-5-6-14-31(29)40-34)25-17-23(22-9-7-15-37-20-22)16-24(18-25)30-19-21-8-1-2-10-26(21)27-11-3-4-12-28(27)30;30-29-34-25(27-26(35-29)21-8-2-4-10-23(21)36-27)18-13-11-17(12-14-18)24-20-7-1-3-9-22(20)32-28(33-24)19-6-5-15-31-16-19/h1-20H;1-20H;1-16H. The van der Waals surface area contributed by atoms with Gasteiger partial charge in [0.25, 0.3) is 0 Å². The van der Waals surface area contributed by atoms with Crippen LogP contribution in [-0.4, -0.2) is 64.8 Å². The van der Waals surface area contributed by atoms with Gasteiger partial charge in [0, 0.05) is 123 Å². The van der Waals surface area contributed by atoms with Crippen molar-refractivity contribution in [3.8, 4) is 112 Å². The SMILES string of the molecule is Clc1nc(-c2cc(-c3cccnc3)cc(-c3cc4ccccc4c4ccccc34)c2)c2sc3ccccc3c2n1.Clc1nc(-c2ccc(-c3nc(-c4ccc(-c5cccnc5)cc4)nc4ccccc34)cc2)c2sc3ccccc3c2n1.Clc1nc(-c2ccc(-c3nc(-c4cccnc4)nc4ccccc34)cc2)c2sc3ccccc3c2n1. The maximum atomic E-state index is 6.56. The lowest BCUT2D eigenvalue weighted by atomic mass is 9.90. The summed E-state index contributed by atoms with van der Waals surface area (Å²) in [6.07, 6.45) is 10.9. The van der Waals surface area contributed by atoms with E-state index in [-0.39, 0.29) is 15.9 Å². The van der Waals surface area contributed by atoms with Crippen molar-refractivity contribution in [2.24, 2.45) is 0 Å². The number of aromatic nitrogens is 13. The Kier molecular flexibility index (Phi) is 18.7. The molecule has 11 aromatic heterocycles. The molecule has 19 heteroatoms. The van der Waals surface area contributed by atoms with Crippen molar-refractivity contribution >= 4 is 173 Å². The van der Waals surface area contributed by atoms with Gasteiger partial charge in [-0.05, 0) is 163 Å². The molecule has 118 heavy (non-hydrogen) atoms. The van der Waals surface area contributed by atoms with E-state index in [4.69, 9.17) is 59.7 Å². The van der Waals surface area contributed by atoms with Crippen LogP contribution in [0.3, 0.4) is 0 Å². The number of para-hydroxylation sites is 2. The molecule has 0 aliphatic carbocycles. The Balaban J connectivity index is 0.000000110. The zero-order valence-electron chi connectivity index (χ0n) is 62.0. The fourth-order valence-electron chi connectivity index (χ4n) is 15.5. The van der Waals surface area contributed by atoms with Crippen LogP contribution >= 0.6 is 68.8 Å². The molecule has 0 saturated carbocycles. The Bertz CT molecular complexity index is 7850. The Morgan fingerprint density at radius 2 is 0.559 bits per heavy atom. The van der Waals surface area contributed by atoms with E-state index in [1.165, 1.54) is 31.8 Å². The van der Waals surface area contributed by atoms with Crippen LogP contribution < -0.4 is 0 Å². The van der Waals surface area contributed by atoms with Crippen molar-refractivity contribution in [3.63, 3.8) is 0 Å². The van der Waals surface area contributed by atoms with Gasteiger partial charge in [0.2, 0.25) is 15.9 Å². The quantitative estimate of drug-likeness (QED) is 0.0938. The second-order valence-corrected chi connectivity index (χ2v) is 32.3. The first-order valence-electron chi connectivity index (χ1n) is 37.9. The number of nitrogens with zero attached hydrogens (tertiary/aromatic N) is 13. The highest BCUT2D eigenvalue weighted by Crippen LogP contribution is 2.46. The second kappa shape index (κ2) is 30.7. The summed E-state index contributed by atoms with van der Waals surface area (Å²) in [5, 5.41) is 10.9. The Morgan fingerprint density at radius 1 is 0.212 bits per heavy atom. The minimum absolute atomic E-state index is 0.242. The first-order valence-corrected chi connectivity index (χ1v) is 41.4. The Labute approximate surface area is 701 Å². The van der Waals surface area contributed by atoms with Crippen LogP contribution in [0.5, 0.6) is 0 Å². The maximum Gasteiger partial charge on any atom is 0.223 e. The van der Waals surface area contributed by atoms with E-state index in [2.05, 4.69) is 252 Å². The normalized spacial score (nSPS) is 11.5. The number of fused-ring (bicyclic) bond motifs is 14. The molecule has 13 nitrogen and oxygen atoms in total. The lowest BCUT2D eigenvalue weighted by Gasteiger charge is -2.14. The summed E-state index contributed by atoms with van der Waals surface area (Å²) in [5.41, 5.74) is 22.1. The molecular formula is C99H56Cl3N13S3. The van der Waals surface area contributed by atoms with Crippen LogP contribution in [0, 0.1) is 0 Å². The number of halogens is 3. The summed E-state index contributed by atoms with van der Waals surface area (Å²) in [7, 11) is 0. The van der Waals surface area contributed by atoms with E-state index in [9.17, 15) is 0 Å². The van der Waals surface area contributed by atoms with E-state index in [1.54, 1.807) is 58.8 Å². The third-order valence-electron chi connectivity index (χ3n) is 21.0. The van der Waals surface area contributed by atoms with E-state index >= 15 is 0 Å². The molecule has 0 radical (unpaired) electrons. The predicted molar refractivity (Wildman–Crippen MR) is 489 cm³/mol. The summed E-state index contributed by atoms with van der Waals surface area (Å²) in [6.45, 7) is 0. The zero-order valence-corrected chi connectivity index (χ0v) is 66.7. The van der Waals surface area contributed by atoms with Crippen molar-refractivity contribution in [1.29, 1.82) is 0 Å². The highest BCUT2D eigenvalue weighted by molar-refractivity contribution is 7.27. The molecule has 556 valence electrons. The molecule has 23 rings (SSSR count). The minimum Gasteiger partial charge on any atom is -0.264 e. The number of pyridine rings is 3. The van der Waals surface area contributed by atoms with Crippen LogP contribution in [0.15, 0.2) is 340 Å². The third-order valence-corrected chi connectivity index (χ3v) is 25.0. The Morgan fingerprint density at radius 3 is 1.03 bits per heavy atom. The van der Waals surface area contributed by atoms with E-state index in [1.807, 2.05) is 103 Å². The number of benzene rings is 12. The first-order chi connectivity index (χ1) is 58.2.